The van der Waals surface area contributed by atoms with Gasteiger partial charge in [0.15, 0.2) is 0 Å². The van der Waals surface area contributed by atoms with Gasteiger partial charge < -0.3 is 0 Å². The SMILES string of the molecule is CN(c1ccc(-c2csc(-c3ccccc3)n2)cc1)S(C)(=O)=O. The molecule has 0 fully saturated rings. The second kappa shape index (κ2) is 6.14. The molecular formula is C17H16N2O2S2. The van der Waals surface area contributed by atoms with Crippen LogP contribution in [0.3, 0.4) is 0 Å². The number of aromatic nitrogens is 1. The van der Waals surface area contributed by atoms with Crippen molar-refractivity contribution in [3.8, 4) is 21.8 Å². The number of sulfonamides is 1. The van der Waals surface area contributed by atoms with Crippen molar-refractivity contribution in [2.24, 2.45) is 0 Å². The molecule has 2 aromatic carbocycles. The highest BCUT2D eigenvalue weighted by molar-refractivity contribution is 7.92. The Morgan fingerprint density at radius 2 is 1.61 bits per heavy atom. The van der Waals surface area contributed by atoms with Crippen LogP contribution in [0.25, 0.3) is 21.8 Å². The molecule has 118 valence electrons. The second-order valence-corrected chi connectivity index (χ2v) is 8.05. The Morgan fingerprint density at radius 1 is 0.957 bits per heavy atom. The largest absolute Gasteiger partial charge is 0.274 e. The van der Waals surface area contributed by atoms with Crippen LogP contribution in [0.1, 0.15) is 0 Å². The minimum atomic E-state index is -3.25. The Morgan fingerprint density at radius 3 is 2.22 bits per heavy atom. The van der Waals surface area contributed by atoms with Gasteiger partial charge in [0, 0.05) is 23.6 Å². The predicted octanol–water partition coefficient (Wildman–Crippen LogP) is 3.87. The van der Waals surface area contributed by atoms with E-state index in [1.807, 2.05) is 47.8 Å². The zero-order valence-electron chi connectivity index (χ0n) is 12.8. The number of anilines is 1. The van der Waals surface area contributed by atoms with Gasteiger partial charge >= 0.3 is 0 Å². The molecule has 0 spiro atoms. The first kappa shape index (κ1) is 15.7. The molecule has 0 radical (unpaired) electrons. The maximum absolute atomic E-state index is 11.6. The van der Waals surface area contributed by atoms with Crippen LogP contribution in [0.5, 0.6) is 0 Å². The second-order valence-electron chi connectivity index (χ2n) is 5.18. The van der Waals surface area contributed by atoms with E-state index in [0.717, 1.165) is 21.8 Å². The van der Waals surface area contributed by atoms with Crippen LogP contribution in [0, 0.1) is 0 Å². The molecule has 0 amide bonds. The molecule has 0 unspecified atom stereocenters. The minimum absolute atomic E-state index is 0.634. The van der Waals surface area contributed by atoms with Crippen molar-refractivity contribution in [2.75, 3.05) is 17.6 Å². The van der Waals surface area contributed by atoms with Crippen LogP contribution in [0.2, 0.25) is 0 Å². The smallest absolute Gasteiger partial charge is 0.231 e. The lowest BCUT2D eigenvalue weighted by Crippen LogP contribution is -2.24. The van der Waals surface area contributed by atoms with E-state index in [-0.39, 0.29) is 0 Å². The highest BCUT2D eigenvalue weighted by Gasteiger charge is 2.12. The van der Waals surface area contributed by atoms with Crippen molar-refractivity contribution < 1.29 is 8.42 Å². The van der Waals surface area contributed by atoms with Crippen molar-refractivity contribution in [2.45, 2.75) is 0 Å². The standard InChI is InChI=1S/C17H16N2O2S2/c1-19(23(2,20)21)15-10-8-13(9-11-15)16-12-22-17(18-16)14-6-4-3-5-7-14/h3-12H,1-2H3. The molecule has 4 nitrogen and oxygen atoms in total. The molecular weight excluding hydrogens is 328 g/mol. The summed E-state index contributed by atoms with van der Waals surface area (Å²) in [6.45, 7) is 0. The van der Waals surface area contributed by atoms with Crippen molar-refractivity contribution in [3.63, 3.8) is 0 Å². The summed E-state index contributed by atoms with van der Waals surface area (Å²) >= 11 is 1.59. The van der Waals surface area contributed by atoms with Gasteiger partial charge in [0.1, 0.15) is 5.01 Å². The molecule has 0 N–H and O–H groups in total. The zero-order valence-corrected chi connectivity index (χ0v) is 14.4. The molecule has 0 bridgehead atoms. The van der Waals surface area contributed by atoms with Crippen molar-refractivity contribution in [1.82, 2.24) is 4.98 Å². The van der Waals surface area contributed by atoms with E-state index in [2.05, 4.69) is 4.98 Å². The van der Waals surface area contributed by atoms with Crippen LogP contribution < -0.4 is 4.31 Å². The third-order valence-electron chi connectivity index (χ3n) is 3.55. The molecule has 0 aliphatic heterocycles. The van der Waals surface area contributed by atoms with Gasteiger partial charge in [0.25, 0.3) is 0 Å². The van der Waals surface area contributed by atoms with Crippen LogP contribution in [0.15, 0.2) is 60.0 Å². The fraction of sp³-hybridized carbons (Fsp3) is 0.118. The van der Waals surface area contributed by atoms with Gasteiger partial charge in [0.05, 0.1) is 17.6 Å². The molecule has 23 heavy (non-hydrogen) atoms. The van der Waals surface area contributed by atoms with Gasteiger partial charge in [-0.25, -0.2) is 13.4 Å². The number of rotatable bonds is 4. The van der Waals surface area contributed by atoms with Gasteiger partial charge in [-0.1, -0.05) is 42.5 Å². The van der Waals surface area contributed by atoms with Crippen molar-refractivity contribution >= 4 is 27.0 Å². The Hall–Kier alpha value is -2.18. The Balaban J connectivity index is 1.88. The zero-order chi connectivity index (χ0) is 16.4. The predicted molar refractivity (Wildman–Crippen MR) is 96.2 cm³/mol. The van der Waals surface area contributed by atoms with E-state index >= 15 is 0 Å². The average Bonchev–Trinajstić information content (AvgIpc) is 3.04. The van der Waals surface area contributed by atoms with E-state index in [4.69, 9.17) is 0 Å². The molecule has 3 rings (SSSR count). The number of hydrogen-bond donors (Lipinski definition) is 0. The first-order valence-corrected chi connectivity index (χ1v) is 9.73. The number of benzene rings is 2. The highest BCUT2D eigenvalue weighted by atomic mass is 32.2. The Labute approximate surface area is 140 Å². The summed E-state index contributed by atoms with van der Waals surface area (Å²) < 4.78 is 24.4. The summed E-state index contributed by atoms with van der Waals surface area (Å²) in [6, 6.07) is 17.4. The fourth-order valence-corrected chi connectivity index (χ4v) is 3.49. The van der Waals surface area contributed by atoms with Gasteiger partial charge in [-0.3, -0.25) is 4.31 Å². The van der Waals surface area contributed by atoms with E-state index in [1.54, 1.807) is 30.5 Å². The van der Waals surface area contributed by atoms with Crippen LogP contribution in [-0.4, -0.2) is 26.7 Å². The summed E-state index contributed by atoms with van der Waals surface area (Å²) in [5, 5.41) is 2.98. The third kappa shape index (κ3) is 3.43. The molecule has 6 heteroatoms. The maximum Gasteiger partial charge on any atom is 0.231 e. The summed E-state index contributed by atoms with van der Waals surface area (Å²) in [5.74, 6) is 0. The van der Waals surface area contributed by atoms with Crippen LogP contribution in [0.4, 0.5) is 5.69 Å². The van der Waals surface area contributed by atoms with Gasteiger partial charge in [0.2, 0.25) is 10.0 Å². The monoisotopic (exact) mass is 344 g/mol. The van der Waals surface area contributed by atoms with E-state index in [0.29, 0.717) is 5.69 Å². The maximum atomic E-state index is 11.6. The van der Waals surface area contributed by atoms with Gasteiger partial charge in [-0.15, -0.1) is 11.3 Å². The van der Waals surface area contributed by atoms with Crippen LogP contribution in [-0.2, 0) is 10.0 Å². The molecule has 0 saturated heterocycles. The first-order chi connectivity index (χ1) is 10.9. The molecule has 0 aliphatic carbocycles. The number of hydrogen-bond acceptors (Lipinski definition) is 4. The average molecular weight is 344 g/mol. The van der Waals surface area contributed by atoms with Crippen LogP contribution >= 0.6 is 11.3 Å². The van der Waals surface area contributed by atoms with Crippen molar-refractivity contribution in [1.29, 1.82) is 0 Å². The lowest BCUT2D eigenvalue weighted by molar-refractivity contribution is 0.600. The highest BCUT2D eigenvalue weighted by Crippen LogP contribution is 2.29. The minimum Gasteiger partial charge on any atom is -0.274 e. The van der Waals surface area contributed by atoms with Crippen molar-refractivity contribution in [3.05, 3.63) is 60.0 Å². The molecule has 1 aromatic heterocycles. The topological polar surface area (TPSA) is 50.3 Å². The summed E-state index contributed by atoms with van der Waals surface area (Å²) in [7, 11) is -1.70. The van der Waals surface area contributed by atoms with E-state index in [1.165, 1.54) is 10.6 Å². The summed E-state index contributed by atoms with van der Waals surface area (Å²) in [5.41, 5.74) is 3.59. The molecule has 3 aromatic rings. The molecule has 0 aliphatic rings. The third-order valence-corrected chi connectivity index (χ3v) is 5.65. The summed E-state index contributed by atoms with van der Waals surface area (Å²) in [4.78, 5) is 4.66. The summed E-state index contributed by atoms with van der Waals surface area (Å²) in [6.07, 6.45) is 1.19. The first-order valence-electron chi connectivity index (χ1n) is 7.00. The lowest BCUT2D eigenvalue weighted by Gasteiger charge is -2.16. The van der Waals surface area contributed by atoms with E-state index in [9.17, 15) is 8.42 Å². The van der Waals surface area contributed by atoms with E-state index < -0.39 is 10.0 Å². The lowest BCUT2D eigenvalue weighted by atomic mass is 10.1. The molecule has 0 saturated carbocycles. The van der Waals surface area contributed by atoms with Gasteiger partial charge in [-0.05, 0) is 12.1 Å². The normalized spacial score (nSPS) is 11.4. The number of thiazole rings is 1. The molecule has 0 atom stereocenters. The Kier molecular flexibility index (Phi) is 4.19. The number of nitrogens with zero attached hydrogens (tertiary/aromatic N) is 2. The van der Waals surface area contributed by atoms with Gasteiger partial charge in [-0.2, -0.15) is 0 Å². The quantitative estimate of drug-likeness (QED) is 0.722. The molecule has 1 heterocycles. The Bertz CT molecular complexity index is 901. The fourth-order valence-electron chi connectivity index (χ4n) is 2.15.